The Bertz CT molecular complexity index is 1570. The Labute approximate surface area is 253 Å². The summed E-state index contributed by atoms with van der Waals surface area (Å²) in [5, 5.41) is 0.556. The van der Waals surface area contributed by atoms with Gasteiger partial charge in [0.05, 0.1) is 24.3 Å². The molecule has 5 unspecified atom stereocenters. The Kier molecular flexibility index (Phi) is 7.86. The molecule has 3 aliphatic carbocycles. The SMILES string of the molecule is COc1ccc(CCn2cnc3cc(N4C(C)CN(C(N)=NCC5CCC6CC5C6(C)C)CC4C)ccc3c2=O)c(F)c1. The van der Waals surface area contributed by atoms with Gasteiger partial charge in [0.2, 0.25) is 0 Å². The Balaban J connectivity index is 1.11. The third-order valence-electron chi connectivity index (χ3n) is 10.7. The van der Waals surface area contributed by atoms with E-state index in [9.17, 15) is 9.18 Å². The molecule has 3 saturated carbocycles. The summed E-state index contributed by atoms with van der Waals surface area (Å²) < 4.78 is 21.0. The topological polar surface area (TPSA) is 89.0 Å². The molecule has 2 aromatic carbocycles. The van der Waals surface area contributed by atoms with E-state index in [4.69, 9.17) is 15.5 Å². The predicted molar refractivity (Wildman–Crippen MR) is 170 cm³/mol. The summed E-state index contributed by atoms with van der Waals surface area (Å²) in [7, 11) is 1.51. The second kappa shape index (κ2) is 11.5. The van der Waals surface area contributed by atoms with E-state index in [1.165, 1.54) is 32.4 Å². The number of aromatic nitrogens is 2. The zero-order valence-corrected chi connectivity index (χ0v) is 26.1. The van der Waals surface area contributed by atoms with E-state index in [1.54, 1.807) is 23.0 Å². The van der Waals surface area contributed by atoms with E-state index in [0.29, 0.717) is 52.5 Å². The molecule has 2 bridgehead atoms. The summed E-state index contributed by atoms with van der Waals surface area (Å²) in [5.41, 5.74) is 9.13. The third-order valence-corrected chi connectivity index (χ3v) is 10.7. The van der Waals surface area contributed by atoms with Gasteiger partial charge in [-0.2, -0.15) is 0 Å². The van der Waals surface area contributed by atoms with E-state index >= 15 is 0 Å². The number of benzene rings is 2. The van der Waals surface area contributed by atoms with Gasteiger partial charge < -0.3 is 20.3 Å². The lowest BCUT2D eigenvalue weighted by Crippen LogP contribution is -2.59. The average molecular weight is 589 g/mol. The number of aryl methyl sites for hydroxylation is 2. The quantitative estimate of drug-likeness (QED) is 0.306. The van der Waals surface area contributed by atoms with Gasteiger partial charge in [0, 0.05) is 50.0 Å². The molecule has 230 valence electrons. The summed E-state index contributed by atoms with van der Waals surface area (Å²) in [4.78, 5) is 27.4. The van der Waals surface area contributed by atoms with Crippen molar-refractivity contribution in [2.75, 3.05) is 31.6 Å². The number of nitrogens with zero attached hydrogens (tertiary/aromatic N) is 5. The highest BCUT2D eigenvalue weighted by atomic mass is 19.1. The Hall–Kier alpha value is -3.62. The number of anilines is 1. The van der Waals surface area contributed by atoms with Gasteiger partial charge in [-0.15, -0.1) is 0 Å². The molecule has 9 heteroatoms. The number of halogens is 1. The van der Waals surface area contributed by atoms with Crippen molar-refractivity contribution in [3.8, 4) is 5.75 Å². The first-order valence-electron chi connectivity index (χ1n) is 15.7. The number of nitrogens with two attached hydrogens (primary N) is 1. The number of rotatable bonds is 7. The monoisotopic (exact) mass is 588 g/mol. The zero-order valence-electron chi connectivity index (χ0n) is 26.1. The highest BCUT2D eigenvalue weighted by Crippen LogP contribution is 2.61. The van der Waals surface area contributed by atoms with Crippen LogP contribution >= 0.6 is 0 Å². The van der Waals surface area contributed by atoms with Crippen LogP contribution in [0.1, 0.15) is 52.5 Å². The molecule has 5 atom stereocenters. The number of fused-ring (bicyclic) bond motifs is 3. The molecule has 0 radical (unpaired) electrons. The van der Waals surface area contributed by atoms with Crippen LogP contribution in [0.3, 0.4) is 0 Å². The minimum Gasteiger partial charge on any atom is -0.497 e. The molecule has 3 aromatic rings. The van der Waals surface area contributed by atoms with Crippen LogP contribution in [0, 0.1) is 29.0 Å². The fraction of sp³-hybridized carbons (Fsp3) is 0.559. The number of hydrogen-bond donors (Lipinski definition) is 1. The van der Waals surface area contributed by atoms with Crippen LogP contribution in [0.15, 0.2) is 52.5 Å². The molecular weight excluding hydrogens is 543 g/mol. The molecule has 7 rings (SSSR count). The van der Waals surface area contributed by atoms with Crippen LogP contribution in [0.5, 0.6) is 5.75 Å². The standard InChI is InChI=1S/C34H45FN6O2/c1-21-18-40(33(36)37-17-24-6-8-25-14-29(24)34(25,3)4)19-22(2)41(21)26-9-11-28-31(15-26)38-20-39(32(28)42)13-12-23-7-10-27(43-5)16-30(23)35/h7,9-11,15-16,20-22,24-25,29H,6,8,12-14,17-19H2,1-5H3,(H2,36,37). The van der Waals surface area contributed by atoms with Gasteiger partial charge >= 0.3 is 0 Å². The fourth-order valence-corrected chi connectivity index (χ4v) is 8.08. The first-order valence-corrected chi connectivity index (χ1v) is 15.7. The largest absolute Gasteiger partial charge is 0.497 e. The van der Waals surface area contributed by atoms with E-state index in [2.05, 4.69) is 42.5 Å². The smallest absolute Gasteiger partial charge is 0.261 e. The molecule has 2 N–H and O–H groups in total. The number of piperazine rings is 1. The van der Waals surface area contributed by atoms with Gasteiger partial charge in [0.15, 0.2) is 5.96 Å². The van der Waals surface area contributed by atoms with Crippen molar-refractivity contribution >= 4 is 22.5 Å². The van der Waals surface area contributed by atoms with Crippen molar-refractivity contribution in [1.29, 1.82) is 0 Å². The first-order chi connectivity index (χ1) is 20.6. The molecule has 2 heterocycles. The van der Waals surface area contributed by atoms with Crippen LogP contribution in [-0.2, 0) is 13.0 Å². The van der Waals surface area contributed by atoms with Crippen LogP contribution in [0.2, 0.25) is 0 Å². The highest BCUT2D eigenvalue weighted by Gasteiger charge is 2.53. The number of hydrogen-bond acceptors (Lipinski definition) is 5. The number of aliphatic imine (C=N–C) groups is 1. The lowest BCUT2D eigenvalue weighted by molar-refractivity contribution is -0.101. The van der Waals surface area contributed by atoms with Gasteiger partial charge in [0.1, 0.15) is 11.6 Å². The van der Waals surface area contributed by atoms with Crippen molar-refractivity contribution in [3.63, 3.8) is 0 Å². The van der Waals surface area contributed by atoms with Gasteiger partial charge in [-0.1, -0.05) is 19.9 Å². The van der Waals surface area contributed by atoms with Gasteiger partial charge in [-0.05, 0) is 92.5 Å². The lowest BCUT2D eigenvalue weighted by Gasteiger charge is -2.60. The molecule has 1 aliphatic heterocycles. The second-order valence-electron chi connectivity index (χ2n) is 13.6. The molecular formula is C34H45FN6O2. The number of ether oxygens (including phenoxy) is 1. The van der Waals surface area contributed by atoms with Crippen molar-refractivity contribution in [2.45, 2.75) is 72.0 Å². The zero-order chi connectivity index (χ0) is 30.5. The van der Waals surface area contributed by atoms with Crippen LogP contribution in [0.25, 0.3) is 10.9 Å². The molecule has 0 spiro atoms. The summed E-state index contributed by atoms with van der Waals surface area (Å²) in [6.45, 7) is 12.0. The molecule has 43 heavy (non-hydrogen) atoms. The van der Waals surface area contributed by atoms with Crippen LogP contribution in [-0.4, -0.2) is 59.2 Å². The van der Waals surface area contributed by atoms with Crippen LogP contribution in [0.4, 0.5) is 10.1 Å². The third kappa shape index (κ3) is 5.47. The normalized spacial score (nSPS) is 26.8. The Morgan fingerprint density at radius 1 is 1.14 bits per heavy atom. The predicted octanol–water partition coefficient (Wildman–Crippen LogP) is 5.07. The summed E-state index contributed by atoms with van der Waals surface area (Å²) in [5.74, 6) is 3.11. The summed E-state index contributed by atoms with van der Waals surface area (Å²) >= 11 is 0. The molecule has 4 fully saturated rings. The van der Waals surface area contributed by atoms with Crippen molar-refractivity contribution in [2.24, 2.45) is 33.9 Å². The molecule has 4 aliphatic rings. The van der Waals surface area contributed by atoms with Gasteiger partial charge in [-0.25, -0.2) is 9.37 Å². The van der Waals surface area contributed by atoms with Crippen molar-refractivity contribution < 1.29 is 9.13 Å². The maximum absolute atomic E-state index is 14.4. The molecule has 0 amide bonds. The van der Waals surface area contributed by atoms with Gasteiger partial charge in [-0.3, -0.25) is 14.4 Å². The highest BCUT2D eigenvalue weighted by molar-refractivity contribution is 5.82. The van der Waals surface area contributed by atoms with E-state index in [1.807, 2.05) is 18.2 Å². The maximum Gasteiger partial charge on any atom is 0.261 e. The first kappa shape index (κ1) is 29.5. The molecule has 1 saturated heterocycles. The Morgan fingerprint density at radius 2 is 1.91 bits per heavy atom. The number of guanidine groups is 1. The Morgan fingerprint density at radius 3 is 2.58 bits per heavy atom. The maximum atomic E-state index is 14.4. The average Bonchev–Trinajstić information content (AvgIpc) is 2.99. The lowest BCUT2D eigenvalue weighted by atomic mass is 9.45. The minimum atomic E-state index is -0.341. The van der Waals surface area contributed by atoms with Crippen molar-refractivity contribution in [1.82, 2.24) is 14.5 Å². The van der Waals surface area contributed by atoms with E-state index in [-0.39, 0.29) is 23.5 Å². The molecule has 8 nitrogen and oxygen atoms in total. The van der Waals surface area contributed by atoms with Gasteiger partial charge in [0.25, 0.3) is 5.56 Å². The minimum absolute atomic E-state index is 0.126. The van der Waals surface area contributed by atoms with E-state index < -0.39 is 0 Å². The van der Waals surface area contributed by atoms with E-state index in [0.717, 1.165) is 37.2 Å². The van der Waals surface area contributed by atoms with Crippen molar-refractivity contribution in [3.05, 3.63) is 64.5 Å². The second-order valence-corrected chi connectivity index (χ2v) is 13.6. The summed E-state index contributed by atoms with van der Waals surface area (Å²) in [6.07, 6.45) is 5.91. The fourth-order valence-electron chi connectivity index (χ4n) is 8.08. The number of methoxy groups -OCH3 is 1. The van der Waals surface area contributed by atoms with Crippen LogP contribution < -0.4 is 20.9 Å². The summed E-state index contributed by atoms with van der Waals surface area (Å²) in [6, 6.07) is 11.1. The molecule has 1 aromatic heterocycles.